The van der Waals surface area contributed by atoms with Gasteiger partial charge < -0.3 is 119 Å². The van der Waals surface area contributed by atoms with Gasteiger partial charge in [-0.2, -0.15) is 0 Å². The Morgan fingerprint density at radius 3 is 0.333 bits per heavy atom. The smallest absolute Gasteiger partial charge is 0.0701 e. The molecule has 25 nitrogen and oxygen atoms in total. The van der Waals surface area contributed by atoms with Crippen molar-refractivity contribution in [3.63, 3.8) is 0 Å². The average Bonchev–Trinajstić information content (AvgIpc) is 3.42. The molecule has 0 rings (SSSR count). The number of ether oxygens (including phenoxy) is 24. The predicted molar refractivity (Wildman–Crippen MR) is 274 cm³/mol. The minimum Gasteiger partial charge on any atom is -0.382 e. The van der Waals surface area contributed by atoms with Crippen molar-refractivity contribution in [1.82, 2.24) is 0 Å². The Labute approximate surface area is 449 Å². The van der Waals surface area contributed by atoms with Crippen LogP contribution in [0.4, 0.5) is 0 Å². The van der Waals surface area contributed by atoms with Gasteiger partial charge in [0.2, 0.25) is 0 Å². The molecule has 0 unspecified atom stereocenters. The molecule has 0 aliphatic carbocycles. The Kier molecular flexibility index (Phi) is 72.0. The largest absolute Gasteiger partial charge is 0.382 e. The second-order valence-electron chi connectivity index (χ2n) is 15.2. The first-order chi connectivity index (χ1) is 37.4. The first-order valence-corrected chi connectivity index (χ1v) is 26.9. The van der Waals surface area contributed by atoms with Gasteiger partial charge >= 0.3 is 0 Å². The molecular formula is C50H103NO24. The Morgan fingerprint density at radius 1 is 0.147 bits per heavy atom. The normalized spacial score (nSPS) is 11.8. The first kappa shape index (κ1) is 74.0. The zero-order valence-electron chi connectivity index (χ0n) is 46.0. The molecule has 0 aliphatic heterocycles. The van der Waals surface area contributed by atoms with Gasteiger partial charge in [-0.05, 0) is 13.0 Å². The zero-order valence-corrected chi connectivity index (χ0v) is 46.0. The van der Waals surface area contributed by atoms with Crippen molar-refractivity contribution in [2.24, 2.45) is 5.73 Å². The number of hydrogen-bond donors (Lipinski definition) is 1. The van der Waals surface area contributed by atoms with Gasteiger partial charge in [-0.1, -0.05) is 0 Å². The Balaban J connectivity index is 3.07. The summed E-state index contributed by atoms with van der Waals surface area (Å²) in [5.41, 5.74) is 5.41. The lowest BCUT2D eigenvalue weighted by Crippen LogP contribution is -2.16. The van der Waals surface area contributed by atoms with E-state index in [0.717, 1.165) is 6.42 Å². The molecule has 0 spiro atoms. The molecule has 0 atom stereocenters. The Morgan fingerprint density at radius 2 is 0.240 bits per heavy atom. The van der Waals surface area contributed by atoms with E-state index in [2.05, 4.69) is 0 Å². The van der Waals surface area contributed by atoms with Crippen molar-refractivity contribution in [2.75, 3.05) is 324 Å². The van der Waals surface area contributed by atoms with E-state index in [1.54, 1.807) is 7.11 Å². The van der Waals surface area contributed by atoms with Gasteiger partial charge in [0.25, 0.3) is 0 Å². The Hall–Kier alpha value is -1.00. The van der Waals surface area contributed by atoms with Crippen LogP contribution in [0.15, 0.2) is 0 Å². The summed E-state index contributed by atoms with van der Waals surface area (Å²) in [6.45, 7) is 24.6. The molecule has 25 heteroatoms. The highest BCUT2D eigenvalue weighted by molar-refractivity contribution is 4.43. The summed E-state index contributed by atoms with van der Waals surface area (Å²) in [7, 11) is 1.64. The van der Waals surface area contributed by atoms with Crippen LogP contribution in [0.2, 0.25) is 0 Å². The summed E-state index contributed by atoms with van der Waals surface area (Å²) in [5.74, 6) is 0. The Bertz CT molecular complexity index is 907. The molecule has 0 aromatic rings. The van der Waals surface area contributed by atoms with Crippen molar-refractivity contribution in [2.45, 2.75) is 6.42 Å². The summed E-state index contributed by atoms with van der Waals surface area (Å²) in [6, 6.07) is 0. The van der Waals surface area contributed by atoms with Gasteiger partial charge in [0.15, 0.2) is 0 Å². The molecule has 0 saturated carbocycles. The second kappa shape index (κ2) is 73.0. The molecular weight excluding hydrogens is 999 g/mol. The highest BCUT2D eigenvalue weighted by atomic mass is 16.6. The fraction of sp³-hybridized carbons (Fsp3) is 1.00. The van der Waals surface area contributed by atoms with E-state index in [-0.39, 0.29) is 0 Å². The quantitative estimate of drug-likeness (QED) is 0.0808. The molecule has 75 heavy (non-hydrogen) atoms. The molecule has 0 fully saturated rings. The fourth-order valence-corrected chi connectivity index (χ4v) is 5.27. The van der Waals surface area contributed by atoms with Gasteiger partial charge in [-0.3, -0.25) is 0 Å². The minimum absolute atomic E-state index is 0.488. The van der Waals surface area contributed by atoms with Gasteiger partial charge in [0, 0.05) is 13.7 Å². The van der Waals surface area contributed by atoms with Gasteiger partial charge in [0.1, 0.15) is 0 Å². The van der Waals surface area contributed by atoms with Crippen LogP contribution in [-0.4, -0.2) is 324 Å². The van der Waals surface area contributed by atoms with Crippen LogP contribution in [0.3, 0.4) is 0 Å². The van der Waals surface area contributed by atoms with Crippen LogP contribution < -0.4 is 5.73 Å². The summed E-state index contributed by atoms with van der Waals surface area (Å²) < 4.78 is 131. The van der Waals surface area contributed by atoms with E-state index in [1.165, 1.54) is 0 Å². The molecule has 2 N–H and O–H groups in total. The molecule has 0 saturated heterocycles. The summed E-state index contributed by atoms with van der Waals surface area (Å²) in [4.78, 5) is 0. The maximum absolute atomic E-state index is 5.52. The van der Waals surface area contributed by atoms with Crippen molar-refractivity contribution in [3.8, 4) is 0 Å². The second-order valence-corrected chi connectivity index (χ2v) is 15.2. The monoisotopic (exact) mass is 1100 g/mol. The summed E-state index contributed by atoms with van der Waals surface area (Å²) in [5, 5.41) is 0. The van der Waals surface area contributed by atoms with Crippen LogP contribution >= 0.6 is 0 Å². The lowest BCUT2D eigenvalue weighted by atomic mass is 10.5. The maximum Gasteiger partial charge on any atom is 0.0701 e. The predicted octanol–water partition coefficient (Wildman–Crippen LogP) is 0.363. The number of nitrogens with two attached hydrogens (primary N) is 1. The third-order valence-corrected chi connectivity index (χ3v) is 9.11. The first-order valence-electron chi connectivity index (χ1n) is 26.9. The van der Waals surface area contributed by atoms with Crippen LogP contribution in [0.5, 0.6) is 0 Å². The van der Waals surface area contributed by atoms with E-state index >= 15 is 0 Å². The third-order valence-electron chi connectivity index (χ3n) is 9.11. The van der Waals surface area contributed by atoms with Gasteiger partial charge in [0.05, 0.1) is 304 Å². The van der Waals surface area contributed by atoms with E-state index < -0.39 is 0 Å². The molecule has 0 radical (unpaired) electrons. The highest BCUT2D eigenvalue weighted by Crippen LogP contribution is 1.91. The van der Waals surface area contributed by atoms with Crippen molar-refractivity contribution >= 4 is 0 Å². The van der Waals surface area contributed by atoms with Crippen LogP contribution in [0.1, 0.15) is 6.42 Å². The standard InChI is InChI=1S/C50H103NO24/c1-52-5-6-54-9-10-56-13-14-58-17-18-60-21-22-62-25-26-64-29-30-66-33-34-68-37-38-70-41-42-72-45-46-74-49-50-75-48-47-73-44-43-71-40-39-69-36-35-67-32-31-65-28-27-63-24-23-61-20-19-59-16-15-57-12-11-55-8-7-53-4-2-3-51/h2-51H2,1H3. The van der Waals surface area contributed by atoms with Gasteiger partial charge in [-0.25, -0.2) is 0 Å². The van der Waals surface area contributed by atoms with E-state index in [4.69, 9.17) is 119 Å². The van der Waals surface area contributed by atoms with Crippen LogP contribution in [0, 0.1) is 0 Å². The fourth-order valence-electron chi connectivity index (χ4n) is 5.27. The number of hydrogen-bond acceptors (Lipinski definition) is 25. The topological polar surface area (TPSA) is 248 Å². The zero-order chi connectivity index (χ0) is 53.6. The van der Waals surface area contributed by atoms with Crippen LogP contribution in [-0.2, 0) is 114 Å². The molecule has 0 aromatic heterocycles. The lowest BCUT2D eigenvalue weighted by molar-refractivity contribution is -0.0319. The van der Waals surface area contributed by atoms with Crippen LogP contribution in [0.25, 0.3) is 0 Å². The average molecular weight is 1100 g/mol. The summed E-state index contributed by atoms with van der Waals surface area (Å²) >= 11 is 0. The molecule has 452 valence electrons. The molecule has 0 bridgehead atoms. The van der Waals surface area contributed by atoms with Gasteiger partial charge in [-0.15, -0.1) is 0 Å². The summed E-state index contributed by atoms with van der Waals surface area (Å²) in [6.07, 6.45) is 0.866. The van der Waals surface area contributed by atoms with Crippen molar-refractivity contribution < 1.29 is 114 Å². The highest BCUT2D eigenvalue weighted by Gasteiger charge is 2.00. The van der Waals surface area contributed by atoms with E-state index in [9.17, 15) is 0 Å². The molecule has 0 aromatic carbocycles. The molecule has 0 heterocycles. The third kappa shape index (κ3) is 73.0. The SMILES string of the molecule is COCCOCCOCCOCCOCCOCCOCCOCCOCCOCCOCCOCCOCCOCCOCCOCCOCCOCCOCCOCCOCCOCCOCCOCCCN. The molecule has 0 amide bonds. The molecule has 0 aliphatic rings. The van der Waals surface area contributed by atoms with E-state index in [0.29, 0.717) is 317 Å². The number of methoxy groups -OCH3 is 1. The lowest BCUT2D eigenvalue weighted by Gasteiger charge is -2.09. The maximum atomic E-state index is 5.52. The van der Waals surface area contributed by atoms with E-state index in [1.807, 2.05) is 0 Å². The number of rotatable bonds is 72. The minimum atomic E-state index is 0.488. The van der Waals surface area contributed by atoms with Crippen molar-refractivity contribution in [1.29, 1.82) is 0 Å². The van der Waals surface area contributed by atoms with Crippen molar-refractivity contribution in [3.05, 3.63) is 0 Å².